The van der Waals surface area contributed by atoms with Crippen molar-refractivity contribution >= 4 is 5.91 Å². The van der Waals surface area contributed by atoms with Gasteiger partial charge in [0.2, 0.25) is 0 Å². The fourth-order valence-corrected chi connectivity index (χ4v) is 3.49. The van der Waals surface area contributed by atoms with Crippen LogP contribution in [-0.4, -0.2) is 58.1 Å². The van der Waals surface area contributed by atoms with E-state index in [-0.39, 0.29) is 17.7 Å². The van der Waals surface area contributed by atoms with E-state index in [0.717, 1.165) is 32.4 Å². The van der Waals surface area contributed by atoms with E-state index in [0.29, 0.717) is 23.6 Å². The van der Waals surface area contributed by atoms with Gasteiger partial charge in [0, 0.05) is 12.6 Å². The molecular weight excluding hydrogens is 368 g/mol. The van der Waals surface area contributed by atoms with Crippen LogP contribution >= 0.6 is 0 Å². The third kappa shape index (κ3) is 4.46. The fraction of sp³-hybridized carbons (Fsp3) is 0.526. The van der Waals surface area contributed by atoms with E-state index in [2.05, 4.69) is 20.4 Å². The lowest BCUT2D eigenvalue weighted by Gasteiger charge is -2.34. The summed E-state index contributed by atoms with van der Waals surface area (Å²) in [5, 5.41) is 11.5. The molecule has 1 amide bonds. The average molecular weight is 393 g/mol. The number of benzene rings is 1. The Morgan fingerprint density at radius 2 is 2.00 bits per heavy atom. The predicted molar refractivity (Wildman–Crippen MR) is 99.9 cm³/mol. The van der Waals surface area contributed by atoms with Gasteiger partial charge in [-0.1, -0.05) is 12.1 Å². The Bertz CT molecular complexity index is 788. The van der Waals surface area contributed by atoms with Crippen LogP contribution in [0.15, 0.2) is 24.3 Å². The number of hydrogen-bond acceptors (Lipinski definition) is 5. The number of ether oxygens (including phenoxy) is 1. The quantitative estimate of drug-likeness (QED) is 0.783. The SMILES string of the molecule is CCCN(C(=O)c1nnn(-c2ccc(OC(F)F)cc2)c1C)C1CCNCC1. The maximum Gasteiger partial charge on any atom is 0.387 e. The highest BCUT2D eigenvalue weighted by Crippen LogP contribution is 2.21. The van der Waals surface area contributed by atoms with Crippen LogP contribution < -0.4 is 10.1 Å². The zero-order valence-corrected chi connectivity index (χ0v) is 16.1. The maximum atomic E-state index is 13.2. The van der Waals surface area contributed by atoms with Gasteiger partial charge in [0.1, 0.15) is 5.75 Å². The molecule has 2 aromatic rings. The molecule has 1 N–H and O–H groups in total. The normalized spacial score (nSPS) is 15.0. The van der Waals surface area contributed by atoms with Crippen LogP contribution in [0.5, 0.6) is 5.75 Å². The number of nitrogens with zero attached hydrogens (tertiary/aromatic N) is 4. The molecular formula is C19H25F2N5O2. The molecule has 0 aliphatic carbocycles. The summed E-state index contributed by atoms with van der Waals surface area (Å²) in [7, 11) is 0. The molecule has 1 aliphatic heterocycles. The molecule has 0 unspecified atom stereocenters. The molecule has 1 fully saturated rings. The molecule has 0 bridgehead atoms. The molecule has 0 radical (unpaired) electrons. The first-order chi connectivity index (χ1) is 13.5. The summed E-state index contributed by atoms with van der Waals surface area (Å²) in [5.41, 5.74) is 1.55. The van der Waals surface area contributed by atoms with Crippen LogP contribution in [0.3, 0.4) is 0 Å². The van der Waals surface area contributed by atoms with Crippen molar-refractivity contribution in [1.82, 2.24) is 25.2 Å². The van der Waals surface area contributed by atoms with Crippen LogP contribution in [-0.2, 0) is 0 Å². The summed E-state index contributed by atoms with van der Waals surface area (Å²) in [6.45, 7) is 3.43. The molecule has 9 heteroatoms. The standard InChI is InChI=1S/C19H25F2N5O2/c1-3-12-25(14-8-10-22-11-9-14)18(27)17-13(2)26(24-23-17)15-4-6-16(7-5-15)28-19(20)21/h4-7,14,19,22H,3,8-12H2,1-2H3. The minimum absolute atomic E-state index is 0.0628. The molecule has 3 rings (SSSR count). The first-order valence-electron chi connectivity index (χ1n) is 9.50. The number of piperidine rings is 1. The minimum atomic E-state index is -2.87. The number of aromatic nitrogens is 3. The zero-order valence-electron chi connectivity index (χ0n) is 16.1. The number of alkyl halides is 2. The van der Waals surface area contributed by atoms with Crippen molar-refractivity contribution in [2.24, 2.45) is 0 Å². The highest BCUT2D eigenvalue weighted by molar-refractivity contribution is 5.93. The summed E-state index contributed by atoms with van der Waals surface area (Å²) >= 11 is 0. The highest BCUT2D eigenvalue weighted by atomic mass is 19.3. The summed E-state index contributed by atoms with van der Waals surface area (Å²) in [5.74, 6) is -0.0528. The average Bonchev–Trinajstić information content (AvgIpc) is 3.08. The molecule has 1 aromatic carbocycles. The third-order valence-electron chi connectivity index (χ3n) is 4.88. The van der Waals surface area contributed by atoms with E-state index in [1.54, 1.807) is 19.1 Å². The Labute approximate surface area is 162 Å². The minimum Gasteiger partial charge on any atom is -0.435 e. The van der Waals surface area contributed by atoms with E-state index < -0.39 is 6.61 Å². The van der Waals surface area contributed by atoms with Crippen molar-refractivity contribution < 1.29 is 18.3 Å². The summed E-state index contributed by atoms with van der Waals surface area (Å²) in [6, 6.07) is 6.27. The van der Waals surface area contributed by atoms with Gasteiger partial charge in [-0.15, -0.1) is 5.10 Å². The lowest BCUT2D eigenvalue weighted by atomic mass is 10.0. The summed E-state index contributed by atoms with van der Waals surface area (Å²) in [4.78, 5) is 15.1. The molecule has 7 nitrogen and oxygen atoms in total. The number of carbonyl (C=O) groups excluding carboxylic acids is 1. The number of nitrogens with one attached hydrogen (secondary N) is 1. The monoisotopic (exact) mass is 393 g/mol. The zero-order chi connectivity index (χ0) is 20.1. The Morgan fingerprint density at radius 1 is 1.32 bits per heavy atom. The summed E-state index contributed by atoms with van der Waals surface area (Å²) in [6.07, 6.45) is 2.71. The van der Waals surface area contributed by atoms with Gasteiger partial charge in [-0.3, -0.25) is 4.79 Å². The van der Waals surface area contributed by atoms with E-state index in [4.69, 9.17) is 0 Å². The van der Waals surface area contributed by atoms with Gasteiger partial charge in [-0.25, -0.2) is 4.68 Å². The molecule has 2 heterocycles. The van der Waals surface area contributed by atoms with Gasteiger partial charge >= 0.3 is 6.61 Å². The molecule has 0 saturated carbocycles. The van der Waals surface area contributed by atoms with Crippen LogP contribution in [0.25, 0.3) is 5.69 Å². The first-order valence-corrected chi connectivity index (χ1v) is 9.50. The number of halogens is 2. The summed E-state index contributed by atoms with van der Waals surface area (Å²) < 4.78 is 30.5. The number of rotatable bonds is 7. The number of carbonyl (C=O) groups is 1. The van der Waals surface area contributed by atoms with E-state index in [1.807, 2.05) is 11.8 Å². The van der Waals surface area contributed by atoms with Crippen molar-refractivity contribution in [3.05, 3.63) is 35.7 Å². The first kappa shape index (κ1) is 20.2. The fourth-order valence-electron chi connectivity index (χ4n) is 3.49. The molecule has 1 aromatic heterocycles. The molecule has 0 spiro atoms. The van der Waals surface area contributed by atoms with Crippen molar-refractivity contribution in [2.45, 2.75) is 45.8 Å². The van der Waals surface area contributed by atoms with E-state index >= 15 is 0 Å². The van der Waals surface area contributed by atoms with Gasteiger partial charge in [0.15, 0.2) is 5.69 Å². The van der Waals surface area contributed by atoms with Crippen LogP contribution in [0.1, 0.15) is 42.4 Å². The third-order valence-corrected chi connectivity index (χ3v) is 4.88. The highest BCUT2D eigenvalue weighted by Gasteiger charge is 2.29. The van der Waals surface area contributed by atoms with Crippen molar-refractivity contribution in [3.8, 4) is 11.4 Å². The predicted octanol–water partition coefficient (Wildman–Crippen LogP) is 2.78. The van der Waals surface area contributed by atoms with Gasteiger partial charge in [0.25, 0.3) is 5.91 Å². The van der Waals surface area contributed by atoms with Crippen molar-refractivity contribution in [2.75, 3.05) is 19.6 Å². The number of amides is 1. The van der Waals surface area contributed by atoms with Gasteiger partial charge in [0.05, 0.1) is 11.4 Å². The van der Waals surface area contributed by atoms with Gasteiger partial charge in [-0.2, -0.15) is 8.78 Å². The van der Waals surface area contributed by atoms with E-state index in [1.165, 1.54) is 16.8 Å². The van der Waals surface area contributed by atoms with Crippen LogP contribution in [0.2, 0.25) is 0 Å². The smallest absolute Gasteiger partial charge is 0.387 e. The molecule has 1 saturated heterocycles. The Hall–Kier alpha value is -2.55. The Morgan fingerprint density at radius 3 is 2.61 bits per heavy atom. The second kappa shape index (κ2) is 9.09. The van der Waals surface area contributed by atoms with Crippen molar-refractivity contribution in [1.29, 1.82) is 0 Å². The molecule has 1 aliphatic rings. The lowest BCUT2D eigenvalue weighted by Crippen LogP contribution is -2.46. The van der Waals surface area contributed by atoms with Crippen LogP contribution in [0, 0.1) is 6.92 Å². The Kier molecular flexibility index (Phi) is 6.56. The molecule has 152 valence electrons. The van der Waals surface area contributed by atoms with Gasteiger partial charge in [-0.05, 0) is 63.5 Å². The van der Waals surface area contributed by atoms with E-state index in [9.17, 15) is 13.6 Å². The second-order valence-corrected chi connectivity index (χ2v) is 6.79. The molecule has 28 heavy (non-hydrogen) atoms. The topological polar surface area (TPSA) is 72.3 Å². The Balaban J connectivity index is 1.81. The van der Waals surface area contributed by atoms with Gasteiger partial charge < -0.3 is 15.0 Å². The number of hydrogen-bond donors (Lipinski definition) is 1. The molecule has 0 atom stereocenters. The maximum absolute atomic E-state index is 13.2. The second-order valence-electron chi connectivity index (χ2n) is 6.79. The largest absolute Gasteiger partial charge is 0.435 e. The lowest BCUT2D eigenvalue weighted by molar-refractivity contribution is -0.0498. The van der Waals surface area contributed by atoms with Crippen molar-refractivity contribution in [3.63, 3.8) is 0 Å². The van der Waals surface area contributed by atoms with Crippen LogP contribution in [0.4, 0.5) is 8.78 Å².